The van der Waals surface area contributed by atoms with Gasteiger partial charge < -0.3 is 5.11 Å². The molecular formula is C9H14N2O. The Morgan fingerprint density at radius 3 is 2.17 bits per heavy atom. The second-order valence-electron chi connectivity index (χ2n) is 3.25. The van der Waals surface area contributed by atoms with Crippen molar-refractivity contribution >= 4 is 0 Å². The van der Waals surface area contributed by atoms with Gasteiger partial charge in [0.15, 0.2) is 0 Å². The first-order valence-electron chi connectivity index (χ1n) is 4.08. The third kappa shape index (κ3) is 2.01. The number of hydrogen-bond acceptors (Lipinski definition) is 3. The van der Waals surface area contributed by atoms with E-state index in [1.165, 1.54) is 0 Å². The summed E-state index contributed by atoms with van der Waals surface area (Å²) in [6.07, 6.45) is 2.89. The van der Waals surface area contributed by atoms with Crippen molar-refractivity contribution in [1.29, 1.82) is 0 Å². The molecule has 0 aromatic carbocycles. The van der Waals surface area contributed by atoms with Gasteiger partial charge >= 0.3 is 0 Å². The zero-order valence-corrected chi connectivity index (χ0v) is 7.65. The van der Waals surface area contributed by atoms with Crippen LogP contribution in [0.25, 0.3) is 0 Å². The maximum Gasteiger partial charge on any atom is 0.125 e. The van der Waals surface area contributed by atoms with Crippen molar-refractivity contribution in [1.82, 2.24) is 9.97 Å². The Bertz CT molecular complexity index is 243. The van der Waals surface area contributed by atoms with Gasteiger partial charge in [-0.15, -0.1) is 0 Å². The summed E-state index contributed by atoms with van der Waals surface area (Å²) in [7, 11) is 0. The fourth-order valence-corrected chi connectivity index (χ4v) is 0.940. The zero-order valence-electron chi connectivity index (χ0n) is 7.65. The molecule has 12 heavy (non-hydrogen) atoms. The lowest BCUT2D eigenvalue weighted by Gasteiger charge is -2.13. The third-order valence-corrected chi connectivity index (χ3v) is 1.77. The molecule has 0 aliphatic carbocycles. The average Bonchev–Trinajstić information content (AvgIpc) is 2.04. The molecule has 1 aromatic heterocycles. The molecule has 0 fully saturated rings. The molecule has 0 amide bonds. The SMILES string of the molecule is Cc1ncc([C@H](O)C(C)C)cn1. The van der Waals surface area contributed by atoms with Gasteiger partial charge in [0.2, 0.25) is 0 Å². The topological polar surface area (TPSA) is 46.0 Å². The first-order chi connectivity index (χ1) is 5.61. The molecule has 3 nitrogen and oxygen atoms in total. The molecular weight excluding hydrogens is 152 g/mol. The molecule has 0 aliphatic heterocycles. The fraction of sp³-hybridized carbons (Fsp3) is 0.556. The number of aliphatic hydroxyl groups is 1. The summed E-state index contributed by atoms with van der Waals surface area (Å²) in [5.41, 5.74) is 0.788. The number of nitrogens with zero attached hydrogens (tertiary/aromatic N) is 2. The number of rotatable bonds is 2. The maximum absolute atomic E-state index is 9.61. The van der Waals surface area contributed by atoms with Gasteiger partial charge in [0.25, 0.3) is 0 Å². The van der Waals surface area contributed by atoms with E-state index >= 15 is 0 Å². The van der Waals surface area contributed by atoms with Gasteiger partial charge in [0.05, 0.1) is 6.10 Å². The molecule has 1 heterocycles. The van der Waals surface area contributed by atoms with Crippen LogP contribution in [0.4, 0.5) is 0 Å². The summed E-state index contributed by atoms with van der Waals surface area (Å²) >= 11 is 0. The van der Waals surface area contributed by atoms with Gasteiger partial charge in [-0.2, -0.15) is 0 Å². The van der Waals surface area contributed by atoms with Crippen molar-refractivity contribution < 1.29 is 5.11 Å². The van der Waals surface area contributed by atoms with Crippen molar-refractivity contribution in [3.05, 3.63) is 23.8 Å². The quantitative estimate of drug-likeness (QED) is 0.723. The van der Waals surface area contributed by atoms with Crippen LogP contribution in [0.15, 0.2) is 12.4 Å². The Hall–Kier alpha value is -0.960. The Kier molecular flexibility index (Phi) is 2.76. The van der Waals surface area contributed by atoms with Crippen LogP contribution >= 0.6 is 0 Å². The van der Waals surface area contributed by atoms with E-state index in [-0.39, 0.29) is 5.92 Å². The third-order valence-electron chi connectivity index (χ3n) is 1.77. The maximum atomic E-state index is 9.61. The van der Waals surface area contributed by atoms with Crippen LogP contribution in [-0.2, 0) is 0 Å². The fourth-order valence-electron chi connectivity index (χ4n) is 0.940. The molecule has 66 valence electrons. The van der Waals surface area contributed by atoms with E-state index in [0.717, 1.165) is 11.4 Å². The molecule has 0 unspecified atom stereocenters. The lowest BCUT2D eigenvalue weighted by molar-refractivity contribution is 0.126. The second kappa shape index (κ2) is 3.63. The van der Waals surface area contributed by atoms with Gasteiger partial charge in [0.1, 0.15) is 5.82 Å². The molecule has 0 bridgehead atoms. The smallest absolute Gasteiger partial charge is 0.125 e. The molecule has 3 heteroatoms. The predicted octanol–water partition coefficient (Wildman–Crippen LogP) is 1.47. The lowest BCUT2D eigenvalue weighted by atomic mass is 10.0. The van der Waals surface area contributed by atoms with E-state index < -0.39 is 6.10 Å². The second-order valence-corrected chi connectivity index (χ2v) is 3.25. The first-order valence-corrected chi connectivity index (χ1v) is 4.08. The molecule has 1 aromatic rings. The monoisotopic (exact) mass is 166 g/mol. The largest absolute Gasteiger partial charge is 0.388 e. The van der Waals surface area contributed by atoms with Crippen molar-refractivity contribution in [2.45, 2.75) is 26.9 Å². The van der Waals surface area contributed by atoms with Crippen LogP contribution < -0.4 is 0 Å². The van der Waals surface area contributed by atoms with E-state index in [9.17, 15) is 5.11 Å². The lowest BCUT2D eigenvalue weighted by Crippen LogP contribution is -2.06. The highest BCUT2D eigenvalue weighted by Gasteiger charge is 2.11. The molecule has 0 radical (unpaired) electrons. The normalized spacial score (nSPS) is 13.4. The van der Waals surface area contributed by atoms with Gasteiger partial charge in [-0.25, -0.2) is 9.97 Å². The van der Waals surface area contributed by atoms with Crippen molar-refractivity contribution in [3.63, 3.8) is 0 Å². The summed E-state index contributed by atoms with van der Waals surface area (Å²) in [5.74, 6) is 0.936. The molecule has 0 saturated heterocycles. The summed E-state index contributed by atoms with van der Waals surface area (Å²) in [6.45, 7) is 5.75. The van der Waals surface area contributed by atoms with Crippen molar-refractivity contribution in [3.8, 4) is 0 Å². The molecule has 0 saturated carbocycles. The van der Waals surface area contributed by atoms with E-state index in [4.69, 9.17) is 0 Å². The van der Waals surface area contributed by atoms with Gasteiger partial charge in [0, 0.05) is 18.0 Å². The number of hydrogen-bond donors (Lipinski definition) is 1. The number of aryl methyl sites for hydroxylation is 1. The van der Waals surface area contributed by atoms with Crippen LogP contribution in [0, 0.1) is 12.8 Å². The van der Waals surface area contributed by atoms with Crippen LogP contribution in [0.2, 0.25) is 0 Å². The summed E-state index contributed by atoms with van der Waals surface area (Å²) < 4.78 is 0. The zero-order chi connectivity index (χ0) is 9.14. The molecule has 1 rings (SSSR count). The minimum atomic E-state index is -0.453. The molecule has 1 atom stereocenters. The Morgan fingerprint density at radius 2 is 1.75 bits per heavy atom. The first kappa shape index (κ1) is 9.13. The van der Waals surface area contributed by atoms with Gasteiger partial charge in [-0.3, -0.25) is 0 Å². The molecule has 1 N–H and O–H groups in total. The van der Waals surface area contributed by atoms with E-state index in [1.54, 1.807) is 12.4 Å². The Balaban J connectivity index is 2.82. The van der Waals surface area contributed by atoms with Crippen molar-refractivity contribution in [2.75, 3.05) is 0 Å². The minimum absolute atomic E-state index is 0.205. The van der Waals surface area contributed by atoms with Crippen molar-refractivity contribution in [2.24, 2.45) is 5.92 Å². The molecule has 0 spiro atoms. The highest BCUT2D eigenvalue weighted by Crippen LogP contribution is 2.19. The summed E-state index contributed by atoms with van der Waals surface area (Å²) in [4.78, 5) is 8.02. The predicted molar refractivity (Wildman–Crippen MR) is 46.6 cm³/mol. The van der Waals surface area contributed by atoms with E-state index in [2.05, 4.69) is 9.97 Å². The standard InChI is InChI=1S/C9H14N2O/c1-6(2)9(12)8-4-10-7(3)11-5-8/h4-6,9,12H,1-3H3/t9-/m1/s1. The Labute approximate surface area is 72.5 Å². The summed E-state index contributed by atoms with van der Waals surface area (Å²) in [5, 5.41) is 9.61. The number of aromatic nitrogens is 2. The number of aliphatic hydroxyl groups excluding tert-OH is 1. The minimum Gasteiger partial charge on any atom is -0.388 e. The van der Waals surface area contributed by atoms with E-state index in [0.29, 0.717) is 0 Å². The van der Waals surface area contributed by atoms with E-state index in [1.807, 2.05) is 20.8 Å². The average molecular weight is 166 g/mol. The van der Waals surface area contributed by atoms with Crippen LogP contribution in [0.5, 0.6) is 0 Å². The van der Waals surface area contributed by atoms with Gasteiger partial charge in [-0.05, 0) is 12.8 Å². The molecule has 0 aliphatic rings. The van der Waals surface area contributed by atoms with Crippen LogP contribution in [-0.4, -0.2) is 15.1 Å². The van der Waals surface area contributed by atoms with Gasteiger partial charge in [-0.1, -0.05) is 13.8 Å². The summed E-state index contributed by atoms with van der Waals surface area (Å²) in [6, 6.07) is 0. The highest BCUT2D eigenvalue weighted by molar-refractivity contribution is 5.08. The highest BCUT2D eigenvalue weighted by atomic mass is 16.3. The Morgan fingerprint density at radius 1 is 1.25 bits per heavy atom. The van der Waals surface area contributed by atoms with Crippen LogP contribution in [0.3, 0.4) is 0 Å². The van der Waals surface area contributed by atoms with Crippen LogP contribution in [0.1, 0.15) is 31.3 Å².